The van der Waals surface area contributed by atoms with Gasteiger partial charge in [-0.3, -0.25) is 0 Å². The van der Waals surface area contributed by atoms with Gasteiger partial charge in [0.1, 0.15) is 6.29 Å². The SMILES string of the molecule is CC(CC=O)C(Cl)c1ccccc1. The van der Waals surface area contributed by atoms with Gasteiger partial charge in [-0.1, -0.05) is 37.3 Å². The summed E-state index contributed by atoms with van der Waals surface area (Å²) < 4.78 is 0. The first-order valence-electron chi connectivity index (χ1n) is 4.38. The van der Waals surface area contributed by atoms with E-state index in [0.29, 0.717) is 6.42 Å². The summed E-state index contributed by atoms with van der Waals surface area (Å²) in [6, 6.07) is 9.84. The second-order valence-electron chi connectivity index (χ2n) is 3.19. The van der Waals surface area contributed by atoms with Crippen LogP contribution >= 0.6 is 11.6 Å². The summed E-state index contributed by atoms with van der Waals surface area (Å²) in [6.45, 7) is 1.99. The minimum absolute atomic E-state index is 0.0635. The summed E-state index contributed by atoms with van der Waals surface area (Å²) in [7, 11) is 0. The molecule has 0 aliphatic rings. The van der Waals surface area contributed by atoms with Crippen LogP contribution in [0.15, 0.2) is 30.3 Å². The Balaban J connectivity index is 2.67. The molecule has 0 bridgehead atoms. The van der Waals surface area contributed by atoms with Crippen molar-refractivity contribution in [2.75, 3.05) is 0 Å². The van der Waals surface area contributed by atoms with Crippen LogP contribution in [-0.2, 0) is 4.79 Å². The smallest absolute Gasteiger partial charge is 0.120 e. The molecule has 0 radical (unpaired) electrons. The highest BCUT2D eigenvalue weighted by Gasteiger charge is 2.15. The predicted molar refractivity (Wildman–Crippen MR) is 54.9 cm³/mol. The number of rotatable bonds is 4. The van der Waals surface area contributed by atoms with E-state index in [0.717, 1.165) is 11.8 Å². The largest absolute Gasteiger partial charge is 0.303 e. The highest BCUT2D eigenvalue weighted by atomic mass is 35.5. The lowest BCUT2D eigenvalue weighted by molar-refractivity contribution is -0.108. The average Bonchev–Trinajstić information content (AvgIpc) is 2.18. The number of hydrogen-bond donors (Lipinski definition) is 0. The zero-order chi connectivity index (χ0) is 9.68. The van der Waals surface area contributed by atoms with E-state index in [1.807, 2.05) is 37.3 Å². The monoisotopic (exact) mass is 196 g/mol. The van der Waals surface area contributed by atoms with Crippen molar-refractivity contribution in [1.29, 1.82) is 0 Å². The molecule has 13 heavy (non-hydrogen) atoms. The maximum atomic E-state index is 10.3. The molecular weight excluding hydrogens is 184 g/mol. The summed E-state index contributed by atoms with van der Waals surface area (Å²) in [6.07, 6.45) is 1.44. The molecule has 2 unspecified atom stereocenters. The third-order valence-corrected chi connectivity index (χ3v) is 2.77. The van der Waals surface area contributed by atoms with Crippen molar-refractivity contribution in [2.45, 2.75) is 18.7 Å². The van der Waals surface area contributed by atoms with Crippen molar-refractivity contribution < 1.29 is 4.79 Å². The van der Waals surface area contributed by atoms with Gasteiger partial charge in [-0.15, -0.1) is 11.6 Å². The van der Waals surface area contributed by atoms with Gasteiger partial charge in [-0.25, -0.2) is 0 Å². The molecule has 70 valence electrons. The van der Waals surface area contributed by atoms with E-state index in [1.165, 1.54) is 0 Å². The van der Waals surface area contributed by atoms with Gasteiger partial charge < -0.3 is 4.79 Å². The van der Waals surface area contributed by atoms with Gasteiger partial charge in [-0.05, 0) is 11.5 Å². The lowest BCUT2D eigenvalue weighted by Crippen LogP contribution is -2.04. The van der Waals surface area contributed by atoms with Crippen molar-refractivity contribution in [2.24, 2.45) is 5.92 Å². The van der Waals surface area contributed by atoms with Gasteiger partial charge in [0.15, 0.2) is 0 Å². The van der Waals surface area contributed by atoms with Crippen LogP contribution < -0.4 is 0 Å². The summed E-state index contributed by atoms with van der Waals surface area (Å²) in [5.41, 5.74) is 1.08. The molecule has 0 spiro atoms. The molecule has 0 aromatic heterocycles. The number of aldehydes is 1. The third kappa shape index (κ3) is 2.85. The Morgan fingerprint density at radius 2 is 2.00 bits per heavy atom. The Hall–Kier alpha value is -0.820. The topological polar surface area (TPSA) is 17.1 Å². The first kappa shape index (κ1) is 10.3. The fourth-order valence-corrected chi connectivity index (χ4v) is 1.49. The lowest BCUT2D eigenvalue weighted by atomic mass is 9.98. The molecule has 0 aliphatic carbocycles. The van der Waals surface area contributed by atoms with E-state index in [2.05, 4.69) is 0 Å². The minimum atomic E-state index is -0.0635. The predicted octanol–water partition coefficient (Wildman–Crippen LogP) is 3.19. The summed E-state index contributed by atoms with van der Waals surface area (Å²) >= 11 is 6.18. The lowest BCUT2D eigenvalue weighted by Gasteiger charge is -2.15. The molecule has 2 atom stereocenters. The molecule has 0 N–H and O–H groups in total. The van der Waals surface area contributed by atoms with E-state index >= 15 is 0 Å². The van der Waals surface area contributed by atoms with Crippen LogP contribution in [0.5, 0.6) is 0 Å². The van der Waals surface area contributed by atoms with E-state index in [1.54, 1.807) is 0 Å². The highest BCUT2D eigenvalue weighted by Crippen LogP contribution is 2.29. The van der Waals surface area contributed by atoms with Gasteiger partial charge >= 0.3 is 0 Å². The van der Waals surface area contributed by atoms with Crippen molar-refractivity contribution >= 4 is 17.9 Å². The van der Waals surface area contributed by atoms with E-state index in [4.69, 9.17) is 11.6 Å². The average molecular weight is 197 g/mol. The van der Waals surface area contributed by atoms with Gasteiger partial charge in [-0.2, -0.15) is 0 Å². The van der Waals surface area contributed by atoms with E-state index < -0.39 is 0 Å². The molecule has 0 saturated heterocycles. The van der Waals surface area contributed by atoms with Gasteiger partial charge in [0.2, 0.25) is 0 Å². The van der Waals surface area contributed by atoms with Gasteiger partial charge in [0.25, 0.3) is 0 Å². The second-order valence-corrected chi connectivity index (χ2v) is 3.66. The van der Waals surface area contributed by atoms with Crippen molar-refractivity contribution in [1.82, 2.24) is 0 Å². The maximum absolute atomic E-state index is 10.3. The molecule has 0 amide bonds. The Labute approximate surface area is 83.7 Å². The Morgan fingerprint density at radius 1 is 1.38 bits per heavy atom. The Kier molecular flexibility index (Phi) is 3.97. The molecule has 0 aliphatic heterocycles. The van der Waals surface area contributed by atoms with Crippen LogP contribution in [0.4, 0.5) is 0 Å². The van der Waals surface area contributed by atoms with Crippen LogP contribution in [0.1, 0.15) is 24.3 Å². The highest BCUT2D eigenvalue weighted by molar-refractivity contribution is 6.21. The maximum Gasteiger partial charge on any atom is 0.120 e. The molecule has 2 heteroatoms. The first-order valence-corrected chi connectivity index (χ1v) is 4.82. The molecule has 0 saturated carbocycles. The zero-order valence-electron chi connectivity index (χ0n) is 7.61. The quantitative estimate of drug-likeness (QED) is 0.534. The summed E-state index contributed by atoms with van der Waals surface area (Å²) in [5, 5.41) is -0.0635. The van der Waals surface area contributed by atoms with Crippen molar-refractivity contribution in [3.8, 4) is 0 Å². The van der Waals surface area contributed by atoms with Gasteiger partial charge in [0.05, 0.1) is 5.38 Å². The molecule has 1 rings (SSSR count). The molecular formula is C11H13ClO. The Bertz CT molecular complexity index is 258. The normalized spacial score (nSPS) is 14.9. The summed E-state index contributed by atoms with van der Waals surface area (Å²) in [5.74, 6) is 0.196. The number of halogens is 1. The number of benzene rings is 1. The number of carbonyl (C=O) groups excluding carboxylic acids is 1. The van der Waals surface area contributed by atoms with Crippen LogP contribution in [0.25, 0.3) is 0 Å². The van der Waals surface area contributed by atoms with Crippen molar-refractivity contribution in [3.05, 3.63) is 35.9 Å². The molecule has 0 fully saturated rings. The summed E-state index contributed by atoms with van der Waals surface area (Å²) in [4.78, 5) is 10.3. The molecule has 0 heterocycles. The first-order chi connectivity index (χ1) is 6.25. The minimum Gasteiger partial charge on any atom is -0.303 e. The van der Waals surface area contributed by atoms with Crippen LogP contribution in [0.2, 0.25) is 0 Å². The van der Waals surface area contributed by atoms with E-state index in [9.17, 15) is 4.79 Å². The number of hydrogen-bond acceptors (Lipinski definition) is 1. The van der Waals surface area contributed by atoms with Crippen molar-refractivity contribution in [3.63, 3.8) is 0 Å². The fraction of sp³-hybridized carbons (Fsp3) is 0.364. The standard InChI is InChI=1S/C11H13ClO/c1-9(7-8-13)11(12)10-5-3-2-4-6-10/h2-6,8-9,11H,7H2,1H3. The molecule has 1 aromatic rings. The van der Waals surface area contributed by atoms with Crippen LogP contribution in [-0.4, -0.2) is 6.29 Å². The second kappa shape index (κ2) is 5.03. The number of carbonyl (C=O) groups is 1. The van der Waals surface area contributed by atoms with Gasteiger partial charge in [0, 0.05) is 6.42 Å². The fourth-order valence-electron chi connectivity index (χ4n) is 1.24. The third-order valence-electron chi connectivity index (χ3n) is 2.09. The Morgan fingerprint density at radius 3 is 2.54 bits per heavy atom. The number of alkyl halides is 1. The van der Waals surface area contributed by atoms with E-state index in [-0.39, 0.29) is 11.3 Å². The van der Waals surface area contributed by atoms with Crippen LogP contribution in [0.3, 0.4) is 0 Å². The molecule has 1 aromatic carbocycles. The van der Waals surface area contributed by atoms with Crippen LogP contribution in [0, 0.1) is 5.92 Å². The molecule has 1 nitrogen and oxygen atoms in total. The zero-order valence-corrected chi connectivity index (χ0v) is 8.37.